The Morgan fingerprint density at radius 3 is 2.56 bits per heavy atom. The average Bonchev–Trinajstić information content (AvgIpc) is 2.71. The van der Waals surface area contributed by atoms with Gasteiger partial charge in [-0.25, -0.2) is 9.59 Å². The van der Waals surface area contributed by atoms with Crippen LogP contribution in [-0.2, 0) is 23.3 Å². The zero-order valence-corrected chi connectivity index (χ0v) is 15.3. The van der Waals surface area contributed by atoms with Gasteiger partial charge in [-0.2, -0.15) is 0 Å². The molecule has 142 valence electrons. The van der Waals surface area contributed by atoms with Gasteiger partial charge in [0.2, 0.25) is 0 Å². The zero-order valence-electron chi connectivity index (χ0n) is 15.3. The van der Waals surface area contributed by atoms with E-state index in [-0.39, 0.29) is 11.6 Å². The van der Waals surface area contributed by atoms with Crippen LogP contribution in [0.4, 0.5) is 4.79 Å². The second-order valence-electron chi connectivity index (χ2n) is 6.64. The molecule has 0 aliphatic carbocycles. The number of benzene rings is 2. The van der Waals surface area contributed by atoms with Crippen LogP contribution in [0, 0.1) is 0 Å². The van der Waals surface area contributed by atoms with E-state index in [1.54, 1.807) is 12.1 Å². The smallest absolute Gasteiger partial charge is 0.335 e. The van der Waals surface area contributed by atoms with Gasteiger partial charge in [0.25, 0.3) is 0 Å². The molecule has 6 heteroatoms. The highest BCUT2D eigenvalue weighted by Crippen LogP contribution is 2.35. The van der Waals surface area contributed by atoms with Crippen LogP contribution in [0.25, 0.3) is 0 Å². The number of rotatable bonds is 6. The van der Waals surface area contributed by atoms with Crippen LogP contribution >= 0.6 is 0 Å². The molecule has 2 aromatic rings. The number of hydrogen-bond acceptors (Lipinski definition) is 3. The fraction of sp³-hybridized carbons (Fsp3) is 0.333. The van der Waals surface area contributed by atoms with Crippen molar-refractivity contribution in [3.63, 3.8) is 0 Å². The highest BCUT2D eigenvalue weighted by atomic mass is 16.5. The minimum absolute atomic E-state index is 0.223. The fourth-order valence-electron chi connectivity index (χ4n) is 3.41. The molecule has 0 saturated carbocycles. The summed E-state index contributed by atoms with van der Waals surface area (Å²) in [6.07, 6.45) is 1.65. The van der Waals surface area contributed by atoms with Crippen LogP contribution in [-0.4, -0.2) is 30.3 Å². The first kappa shape index (κ1) is 18.9. The Morgan fingerprint density at radius 2 is 1.85 bits per heavy atom. The summed E-state index contributed by atoms with van der Waals surface area (Å²) in [4.78, 5) is 23.1. The number of carboxylic acids is 1. The number of carbonyl (C=O) groups excluding carboxylic acids is 1. The Kier molecular flexibility index (Phi) is 5.76. The maximum atomic E-state index is 12.2. The molecule has 0 saturated heterocycles. The molecule has 1 aliphatic heterocycles. The molecule has 1 atom stereocenters. The van der Waals surface area contributed by atoms with Gasteiger partial charge in [0.05, 0.1) is 18.7 Å². The topological polar surface area (TPSA) is 87.7 Å². The van der Waals surface area contributed by atoms with Gasteiger partial charge in [-0.15, -0.1) is 0 Å². The molecule has 1 unspecified atom stereocenters. The first-order valence-electron chi connectivity index (χ1n) is 9.10. The van der Waals surface area contributed by atoms with Gasteiger partial charge in [0, 0.05) is 6.54 Å². The molecule has 0 spiro atoms. The third kappa shape index (κ3) is 4.28. The van der Waals surface area contributed by atoms with Crippen molar-refractivity contribution in [2.24, 2.45) is 0 Å². The van der Waals surface area contributed by atoms with E-state index >= 15 is 0 Å². The number of nitrogens with one attached hydrogen (secondary N) is 2. The Bertz CT molecular complexity index is 819. The Morgan fingerprint density at radius 1 is 1.11 bits per heavy atom. The van der Waals surface area contributed by atoms with Crippen molar-refractivity contribution < 1.29 is 19.4 Å². The minimum Gasteiger partial charge on any atom is -0.478 e. The van der Waals surface area contributed by atoms with E-state index in [9.17, 15) is 9.59 Å². The van der Waals surface area contributed by atoms with E-state index in [2.05, 4.69) is 29.7 Å². The van der Waals surface area contributed by atoms with Gasteiger partial charge in [0.15, 0.2) is 0 Å². The molecule has 0 bridgehead atoms. The lowest BCUT2D eigenvalue weighted by atomic mass is 9.84. The standard InChI is InChI=1S/C21H24N2O4/c1-2-21(18-6-4-3-5-16(18)11-12-27-21)14-23-20(26)22-13-15-7-9-17(10-8-15)19(24)25/h3-10H,2,11-14H2,1H3,(H,24,25)(H2,22,23,26). The van der Waals surface area contributed by atoms with Crippen molar-refractivity contribution in [3.05, 3.63) is 70.8 Å². The maximum Gasteiger partial charge on any atom is 0.335 e. The van der Waals surface area contributed by atoms with Gasteiger partial charge in [-0.1, -0.05) is 43.3 Å². The molecule has 3 N–H and O–H groups in total. The van der Waals surface area contributed by atoms with E-state index < -0.39 is 11.6 Å². The monoisotopic (exact) mass is 368 g/mol. The van der Waals surface area contributed by atoms with Crippen LogP contribution in [0.3, 0.4) is 0 Å². The number of carboxylic acid groups (broad SMARTS) is 1. The number of aromatic carboxylic acids is 1. The van der Waals surface area contributed by atoms with Crippen molar-refractivity contribution in [3.8, 4) is 0 Å². The SMILES string of the molecule is CCC1(CNC(=O)NCc2ccc(C(=O)O)cc2)OCCc2ccccc21. The molecular formula is C21H24N2O4. The Hall–Kier alpha value is -2.86. The van der Waals surface area contributed by atoms with Crippen LogP contribution in [0.2, 0.25) is 0 Å². The summed E-state index contributed by atoms with van der Waals surface area (Å²) in [6, 6.07) is 14.4. The number of urea groups is 1. The van der Waals surface area contributed by atoms with Crippen LogP contribution in [0.5, 0.6) is 0 Å². The average molecular weight is 368 g/mol. The largest absolute Gasteiger partial charge is 0.478 e. The highest BCUT2D eigenvalue weighted by molar-refractivity contribution is 5.87. The maximum absolute atomic E-state index is 12.2. The third-order valence-corrected chi connectivity index (χ3v) is 5.02. The summed E-state index contributed by atoms with van der Waals surface area (Å²) in [5.41, 5.74) is 2.96. The van der Waals surface area contributed by atoms with Gasteiger partial charge in [-0.3, -0.25) is 0 Å². The van der Waals surface area contributed by atoms with Crippen molar-refractivity contribution in [2.45, 2.75) is 31.9 Å². The van der Waals surface area contributed by atoms with E-state index in [0.717, 1.165) is 24.0 Å². The quantitative estimate of drug-likeness (QED) is 0.731. The summed E-state index contributed by atoms with van der Waals surface area (Å²) >= 11 is 0. The van der Waals surface area contributed by atoms with Gasteiger partial charge < -0.3 is 20.5 Å². The summed E-state index contributed by atoms with van der Waals surface area (Å²) in [5, 5.41) is 14.6. The van der Waals surface area contributed by atoms with Crippen molar-refractivity contribution in [1.82, 2.24) is 10.6 Å². The van der Waals surface area contributed by atoms with Crippen LogP contribution < -0.4 is 10.6 Å². The predicted octanol–water partition coefficient (Wildman–Crippen LogP) is 3.06. The molecule has 0 fully saturated rings. The number of fused-ring (bicyclic) bond motifs is 1. The lowest BCUT2D eigenvalue weighted by Gasteiger charge is -2.38. The second kappa shape index (κ2) is 8.22. The van der Waals surface area contributed by atoms with Crippen molar-refractivity contribution >= 4 is 12.0 Å². The molecule has 1 aliphatic rings. The van der Waals surface area contributed by atoms with E-state index in [1.165, 1.54) is 17.7 Å². The highest BCUT2D eigenvalue weighted by Gasteiger charge is 2.36. The van der Waals surface area contributed by atoms with E-state index in [4.69, 9.17) is 9.84 Å². The van der Waals surface area contributed by atoms with Crippen LogP contribution in [0.15, 0.2) is 48.5 Å². The Labute approximate surface area is 158 Å². The van der Waals surface area contributed by atoms with E-state index in [0.29, 0.717) is 19.7 Å². The minimum atomic E-state index is -0.968. The number of carbonyl (C=O) groups is 2. The molecule has 27 heavy (non-hydrogen) atoms. The lowest BCUT2D eigenvalue weighted by molar-refractivity contribution is -0.0601. The molecule has 1 heterocycles. The predicted molar refractivity (Wildman–Crippen MR) is 102 cm³/mol. The fourth-order valence-corrected chi connectivity index (χ4v) is 3.41. The molecule has 0 radical (unpaired) electrons. The van der Waals surface area contributed by atoms with Gasteiger partial charge in [-0.05, 0) is 41.7 Å². The van der Waals surface area contributed by atoms with Crippen molar-refractivity contribution in [1.29, 1.82) is 0 Å². The molecule has 2 aromatic carbocycles. The second-order valence-corrected chi connectivity index (χ2v) is 6.64. The normalized spacial score (nSPS) is 18.4. The first-order chi connectivity index (χ1) is 13.0. The summed E-state index contributed by atoms with van der Waals surface area (Å²) in [5.74, 6) is -0.968. The van der Waals surface area contributed by atoms with Crippen molar-refractivity contribution in [2.75, 3.05) is 13.2 Å². The number of amides is 2. The zero-order chi connectivity index (χ0) is 19.3. The molecule has 2 amide bonds. The molecule has 6 nitrogen and oxygen atoms in total. The first-order valence-corrected chi connectivity index (χ1v) is 9.10. The summed E-state index contributed by atoms with van der Waals surface area (Å²) in [6.45, 7) is 3.42. The summed E-state index contributed by atoms with van der Waals surface area (Å²) in [7, 11) is 0. The number of hydrogen-bond donors (Lipinski definition) is 3. The summed E-state index contributed by atoms with van der Waals surface area (Å²) < 4.78 is 6.09. The Balaban J connectivity index is 1.57. The third-order valence-electron chi connectivity index (χ3n) is 5.02. The van der Waals surface area contributed by atoms with E-state index in [1.807, 2.05) is 12.1 Å². The van der Waals surface area contributed by atoms with Crippen LogP contribution in [0.1, 0.15) is 40.4 Å². The van der Waals surface area contributed by atoms with Gasteiger partial charge in [0.1, 0.15) is 5.60 Å². The molecule has 0 aromatic heterocycles. The molecular weight excluding hydrogens is 344 g/mol. The molecule has 3 rings (SSSR count). The lowest BCUT2D eigenvalue weighted by Crippen LogP contribution is -2.47. The number of ether oxygens (including phenoxy) is 1. The van der Waals surface area contributed by atoms with Gasteiger partial charge >= 0.3 is 12.0 Å².